The van der Waals surface area contributed by atoms with Crippen molar-refractivity contribution >= 4 is 11.9 Å². The normalized spacial score (nSPS) is 24.7. The van der Waals surface area contributed by atoms with Crippen molar-refractivity contribution in [1.82, 2.24) is 15.5 Å². The number of likely N-dealkylation sites (tertiary alicyclic amines) is 1. The van der Waals surface area contributed by atoms with Crippen LogP contribution in [0.15, 0.2) is 16.6 Å². The molecule has 0 bridgehead atoms. The maximum absolute atomic E-state index is 12.6. The Kier molecular flexibility index (Phi) is 6.76. The van der Waals surface area contributed by atoms with Crippen LogP contribution in [0.25, 0.3) is 0 Å². The fourth-order valence-corrected chi connectivity index (χ4v) is 4.30. The molecular formula is C20H34N4O. The highest BCUT2D eigenvalue weighted by Gasteiger charge is 2.32. The number of allylic oxidation sites excluding steroid dienone is 1. The molecule has 2 aliphatic carbocycles. The molecule has 0 aromatic heterocycles. The molecule has 3 aliphatic rings. The highest BCUT2D eigenvalue weighted by atomic mass is 16.2. The number of hydrogen-bond acceptors (Lipinski definition) is 2. The van der Waals surface area contributed by atoms with Gasteiger partial charge in [-0.3, -0.25) is 9.79 Å². The molecular weight excluding hydrogens is 312 g/mol. The van der Waals surface area contributed by atoms with E-state index in [-0.39, 0.29) is 0 Å². The van der Waals surface area contributed by atoms with Gasteiger partial charge in [0.2, 0.25) is 5.91 Å². The zero-order valence-corrected chi connectivity index (χ0v) is 15.7. The molecule has 1 aliphatic heterocycles. The minimum atomic E-state index is 0.292. The first-order valence-corrected chi connectivity index (χ1v) is 10.3. The zero-order chi connectivity index (χ0) is 17.5. The number of carbonyl (C=O) groups is 1. The highest BCUT2D eigenvalue weighted by Crippen LogP contribution is 2.27. The van der Waals surface area contributed by atoms with Crippen LogP contribution in [0, 0.1) is 5.92 Å². The number of amides is 1. The first-order valence-electron chi connectivity index (χ1n) is 10.3. The smallest absolute Gasteiger partial charge is 0.225 e. The van der Waals surface area contributed by atoms with Gasteiger partial charge in [-0.25, -0.2) is 0 Å². The van der Waals surface area contributed by atoms with E-state index in [1.807, 2.05) is 0 Å². The summed E-state index contributed by atoms with van der Waals surface area (Å²) in [7, 11) is 0. The van der Waals surface area contributed by atoms with Crippen molar-refractivity contribution in [3.63, 3.8) is 0 Å². The van der Waals surface area contributed by atoms with Crippen LogP contribution in [0.3, 0.4) is 0 Å². The summed E-state index contributed by atoms with van der Waals surface area (Å²) in [6.45, 7) is 5.52. The van der Waals surface area contributed by atoms with Gasteiger partial charge in [0.25, 0.3) is 0 Å². The lowest BCUT2D eigenvalue weighted by molar-refractivity contribution is -0.134. The van der Waals surface area contributed by atoms with Crippen LogP contribution in [-0.2, 0) is 4.79 Å². The molecule has 0 aromatic rings. The Labute approximate surface area is 152 Å². The fraction of sp³-hybridized carbons (Fsp3) is 0.800. The van der Waals surface area contributed by atoms with Crippen molar-refractivity contribution in [3.05, 3.63) is 11.6 Å². The van der Waals surface area contributed by atoms with Gasteiger partial charge in [-0.05, 0) is 51.9 Å². The van der Waals surface area contributed by atoms with Crippen molar-refractivity contribution in [2.24, 2.45) is 10.9 Å². The number of hydrogen-bond donors (Lipinski definition) is 2. The Morgan fingerprint density at radius 1 is 1.28 bits per heavy atom. The maximum atomic E-state index is 12.6. The van der Waals surface area contributed by atoms with E-state index in [9.17, 15) is 4.79 Å². The largest absolute Gasteiger partial charge is 0.357 e. The SMILES string of the molecule is CCNC(=NCCC1=CCCC1)NC1CCN(C(=O)C2CCCC2)C1. The van der Waals surface area contributed by atoms with Crippen LogP contribution in [0.4, 0.5) is 0 Å². The molecule has 3 rings (SSSR count). The standard InChI is InChI=1S/C20H34N4O/c1-2-21-20(22-13-11-16-7-3-4-8-16)23-18-12-14-24(15-18)19(25)17-9-5-6-10-17/h7,17-18H,2-6,8-15H2,1H3,(H2,21,22,23). The van der Waals surface area contributed by atoms with Crippen molar-refractivity contribution in [2.75, 3.05) is 26.2 Å². The van der Waals surface area contributed by atoms with Crippen LogP contribution >= 0.6 is 0 Å². The van der Waals surface area contributed by atoms with E-state index in [4.69, 9.17) is 4.99 Å². The van der Waals surface area contributed by atoms with Crippen LogP contribution < -0.4 is 10.6 Å². The minimum absolute atomic E-state index is 0.292. The molecule has 1 unspecified atom stereocenters. The van der Waals surface area contributed by atoms with E-state index in [2.05, 4.69) is 28.5 Å². The Balaban J connectivity index is 1.45. The second-order valence-corrected chi connectivity index (χ2v) is 7.66. The van der Waals surface area contributed by atoms with Gasteiger partial charge >= 0.3 is 0 Å². The van der Waals surface area contributed by atoms with E-state index in [1.54, 1.807) is 5.57 Å². The molecule has 0 spiro atoms. The number of guanidine groups is 1. The van der Waals surface area contributed by atoms with E-state index in [0.29, 0.717) is 17.9 Å². The van der Waals surface area contributed by atoms with Gasteiger partial charge in [0.1, 0.15) is 0 Å². The molecule has 0 radical (unpaired) electrons. The molecule has 1 saturated heterocycles. The average Bonchev–Trinajstić information content (AvgIpc) is 3.37. The summed E-state index contributed by atoms with van der Waals surface area (Å²) < 4.78 is 0. The Morgan fingerprint density at radius 2 is 2.12 bits per heavy atom. The van der Waals surface area contributed by atoms with Gasteiger partial charge in [0.15, 0.2) is 5.96 Å². The predicted octanol–water partition coefficient (Wildman–Crippen LogP) is 2.83. The quantitative estimate of drug-likeness (QED) is 0.442. The number of carbonyl (C=O) groups excluding carboxylic acids is 1. The molecule has 5 nitrogen and oxygen atoms in total. The molecule has 1 atom stereocenters. The van der Waals surface area contributed by atoms with Crippen LogP contribution in [-0.4, -0.2) is 49.0 Å². The number of nitrogens with zero attached hydrogens (tertiary/aromatic N) is 2. The summed E-state index contributed by atoms with van der Waals surface area (Å²) in [4.78, 5) is 19.4. The Hall–Kier alpha value is -1.52. The van der Waals surface area contributed by atoms with Crippen LogP contribution in [0.5, 0.6) is 0 Å². The average molecular weight is 347 g/mol. The van der Waals surface area contributed by atoms with E-state index in [1.165, 1.54) is 32.1 Å². The number of rotatable bonds is 6. The molecule has 1 heterocycles. The second kappa shape index (κ2) is 9.25. The Bertz CT molecular complexity index is 508. The predicted molar refractivity (Wildman–Crippen MR) is 103 cm³/mol. The van der Waals surface area contributed by atoms with Gasteiger partial charge < -0.3 is 15.5 Å². The summed E-state index contributed by atoms with van der Waals surface area (Å²) in [5.74, 6) is 1.58. The molecule has 2 fully saturated rings. The Morgan fingerprint density at radius 3 is 2.84 bits per heavy atom. The summed E-state index contributed by atoms with van der Waals surface area (Å²) >= 11 is 0. The third-order valence-corrected chi connectivity index (χ3v) is 5.73. The fourth-order valence-electron chi connectivity index (χ4n) is 4.30. The molecule has 1 amide bonds. The summed E-state index contributed by atoms with van der Waals surface area (Å²) in [5.41, 5.74) is 1.56. The third-order valence-electron chi connectivity index (χ3n) is 5.73. The van der Waals surface area contributed by atoms with E-state index >= 15 is 0 Å². The lowest BCUT2D eigenvalue weighted by atomic mass is 10.1. The van der Waals surface area contributed by atoms with Crippen LogP contribution in [0.1, 0.15) is 64.7 Å². The van der Waals surface area contributed by atoms with Gasteiger partial charge in [0.05, 0.1) is 0 Å². The van der Waals surface area contributed by atoms with Gasteiger partial charge in [0, 0.05) is 38.1 Å². The molecule has 25 heavy (non-hydrogen) atoms. The third kappa shape index (κ3) is 5.23. The topological polar surface area (TPSA) is 56.7 Å². The lowest BCUT2D eigenvalue weighted by Crippen LogP contribution is -2.45. The van der Waals surface area contributed by atoms with Gasteiger partial charge in [-0.1, -0.05) is 24.5 Å². The first-order chi connectivity index (χ1) is 12.3. The molecule has 1 saturated carbocycles. The van der Waals surface area contributed by atoms with Gasteiger partial charge in [-0.15, -0.1) is 0 Å². The maximum Gasteiger partial charge on any atom is 0.225 e. The molecule has 140 valence electrons. The lowest BCUT2D eigenvalue weighted by Gasteiger charge is -2.21. The second-order valence-electron chi connectivity index (χ2n) is 7.66. The van der Waals surface area contributed by atoms with E-state index in [0.717, 1.165) is 57.8 Å². The van der Waals surface area contributed by atoms with Crippen molar-refractivity contribution in [1.29, 1.82) is 0 Å². The first kappa shape index (κ1) is 18.3. The van der Waals surface area contributed by atoms with Crippen LogP contribution in [0.2, 0.25) is 0 Å². The van der Waals surface area contributed by atoms with Crippen molar-refractivity contribution in [3.8, 4) is 0 Å². The molecule has 2 N–H and O–H groups in total. The minimum Gasteiger partial charge on any atom is -0.357 e. The number of nitrogens with one attached hydrogen (secondary N) is 2. The monoisotopic (exact) mass is 346 g/mol. The highest BCUT2D eigenvalue weighted by molar-refractivity contribution is 5.81. The molecule has 5 heteroatoms. The van der Waals surface area contributed by atoms with Crippen molar-refractivity contribution < 1.29 is 4.79 Å². The van der Waals surface area contributed by atoms with Gasteiger partial charge in [-0.2, -0.15) is 0 Å². The summed E-state index contributed by atoms with van der Waals surface area (Å²) in [6, 6.07) is 0.328. The number of aliphatic imine (C=N–C) groups is 1. The summed E-state index contributed by atoms with van der Waals surface area (Å²) in [6.07, 6.45) is 12.9. The summed E-state index contributed by atoms with van der Waals surface area (Å²) in [5, 5.41) is 6.89. The van der Waals surface area contributed by atoms with E-state index < -0.39 is 0 Å². The zero-order valence-electron chi connectivity index (χ0n) is 15.7. The molecule has 0 aromatic carbocycles. The van der Waals surface area contributed by atoms with Crippen molar-refractivity contribution in [2.45, 2.75) is 70.8 Å².